The Labute approximate surface area is 185 Å². The van der Waals surface area contributed by atoms with Crippen LogP contribution in [0, 0.1) is 11.8 Å². The summed E-state index contributed by atoms with van der Waals surface area (Å²) >= 11 is 0. The van der Waals surface area contributed by atoms with E-state index in [4.69, 9.17) is 9.47 Å². The molecule has 0 spiro atoms. The van der Waals surface area contributed by atoms with Crippen molar-refractivity contribution < 1.29 is 17.9 Å². The van der Waals surface area contributed by atoms with Crippen LogP contribution in [0.3, 0.4) is 0 Å². The van der Waals surface area contributed by atoms with E-state index in [0.29, 0.717) is 23.0 Å². The monoisotopic (exact) mass is 443 g/mol. The first kappa shape index (κ1) is 19.8. The normalized spacial score (nSPS) is 12.3. The molecule has 0 radical (unpaired) electrons. The molecule has 8 heteroatoms. The van der Waals surface area contributed by atoms with Crippen molar-refractivity contribution in [2.75, 3.05) is 18.4 Å². The van der Waals surface area contributed by atoms with E-state index in [1.807, 2.05) is 30.3 Å². The number of fused-ring (bicyclic) bond motifs is 2. The number of rotatable bonds is 3. The molecule has 1 N–H and O–H groups in total. The lowest BCUT2D eigenvalue weighted by Gasteiger charge is -2.08. The summed E-state index contributed by atoms with van der Waals surface area (Å²) in [6, 6.07) is 15.8. The smallest absolute Gasteiger partial charge is 0.231 e. The third-order valence-electron chi connectivity index (χ3n) is 4.90. The van der Waals surface area contributed by atoms with Crippen LogP contribution in [0.25, 0.3) is 10.8 Å². The molecule has 0 unspecified atom stereocenters. The number of hydrogen-bond donors (Lipinski definition) is 1. The predicted molar refractivity (Wildman–Crippen MR) is 121 cm³/mol. The summed E-state index contributed by atoms with van der Waals surface area (Å²) in [7, 11) is -3.24. The Balaban J connectivity index is 1.45. The summed E-state index contributed by atoms with van der Waals surface area (Å²) in [5.74, 6) is 8.25. The van der Waals surface area contributed by atoms with Gasteiger partial charge in [0.2, 0.25) is 6.79 Å². The maximum Gasteiger partial charge on any atom is 0.231 e. The number of nitrogens with one attached hydrogen (secondary N) is 1. The van der Waals surface area contributed by atoms with Gasteiger partial charge in [0.25, 0.3) is 0 Å². The maximum atomic E-state index is 11.6. The number of sulfone groups is 1. The number of pyridine rings is 2. The summed E-state index contributed by atoms with van der Waals surface area (Å²) in [5.41, 5.74) is 2.14. The molecule has 0 bridgehead atoms. The van der Waals surface area contributed by atoms with Crippen molar-refractivity contribution in [3.8, 4) is 23.3 Å². The second-order valence-electron chi connectivity index (χ2n) is 7.19. The average molecular weight is 443 g/mol. The summed E-state index contributed by atoms with van der Waals surface area (Å²) in [6.45, 7) is 0.219. The molecule has 0 saturated carbocycles. The van der Waals surface area contributed by atoms with E-state index in [1.54, 1.807) is 36.7 Å². The third kappa shape index (κ3) is 4.06. The van der Waals surface area contributed by atoms with E-state index in [2.05, 4.69) is 27.1 Å². The highest BCUT2D eigenvalue weighted by atomic mass is 32.2. The Morgan fingerprint density at radius 1 is 0.938 bits per heavy atom. The number of hydrogen-bond acceptors (Lipinski definition) is 7. The molecular weight excluding hydrogens is 426 g/mol. The van der Waals surface area contributed by atoms with Crippen LogP contribution in [0.15, 0.2) is 71.9 Å². The molecule has 0 amide bonds. The van der Waals surface area contributed by atoms with Crippen molar-refractivity contribution in [2.45, 2.75) is 4.90 Å². The summed E-state index contributed by atoms with van der Waals surface area (Å²) < 4.78 is 34.0. The topological polar surface area (TPSA) is 90.4 Å². The fourth-order valence-corrected chi connectivity index (χ4v) is 3.90. The van der Waals surface area contributed by atoms with E-state index in [0.717, 1.165) is 22.0 Å². The van der Waals surface area contributed by atoms with Gasteiger partial charge in [-0.15, -0.1) is 0 Å². The Morgan fingerprint density at radius 2 is 1.75 bits per heavy atom. The van der Waals surface area contributed by atoms with Gasteiger partial charge in [0.15, 0.2) is 21.3 Å². The zero-order valence-corrected chi connectivity index (χ0v) is 17.8. The predicted octanol–water partition coefficient (Wildman–Crippen LogP) is 3.91. The highest BCUT2D eigenvalue weighted by Crippen LogP contribution is 2.32. The van der Waals surface area contributed by atoms with Gasteiger partial charge < -0.3 is 14.8 Å². The van der Waals surface area contributed by atoms with Crippen LogP contribution in [0.2, 0.25) is 0 Å². The Hall–Kier alpha value is -4.09. The second-order valence-corrected chi connectivity index (χ2v) is 9.21. The van der Waals surface area contributed by atoms with Crippen LogP contribution in [-0.4, -0.2) is 31.4 Å². The van der Waals surface area contributed by atoms with Crippen LogP contribution in [-0.2, 0) is 9.84 Å². The number of aromatic nitrogens is 2. The lowest BCUT2D eigenvalue weighted by Crippen LogP contribution is -1.98. The van der Waals surface area contributed by atoms with E-state index in [1.165, 1.54) is 6.26 Å². The molecule has 1 aliphatic rings. The highest BCUT2D eigenvalue weighted by molar-refractivity contribution is 7.90. The summed E-state index contributed by atoms with van der Waals surface area (Å²) in [6.07, 6.45) is 4.63. The molecule has 5 rings (SSSR count). The van der Waals surface area contributed by atoms with Gasteiger partial charge in [-0.05, 0) is 60.5 Å². The number of anilines is 2. The molecule has 0 fully saturated rings. The maximum absolute atomic E-state index is 11.6. The van der Waals surface area contributed by atoms with Crippen molar-refractivity contribution in [3.63, 3.8) is 0 Å². The van der Waals surface area contributed by atoms with Crippen LogP contribution < -0.4 is 14.8 Å². The molecule has 2 aromatic carbocycles. The average Bonchev–Trinajstić information content (AvgIpc) is 3.25. The minimum atomic E-state index is -3.24. The summed E-state index contributed by atoms with van der Waals surface area (Å²) in [4.78, 5) is 9.13. The molecule has 32 heavy (non-hydrogen) atoms. The van der Waals surface area contributed by atoms with Crippen molar-refractivity contribution in [1.82, 2.24) is 9.97 Å². The van der Waals surface area contributed by atoms with Crippen LogP contribution in [0.1, 0.15) is 11.3 Å². The van der Waals surface area contributed by atoms with Crippen LogP contribution >= 0.6 is 0 Å². The van der Waals surface area contributed by atoms with E-state index < -0.39 is 9.84 Å². The first-order chi connectivity index (χ1) is 15.5. The number of nitrogens with zero attached hydrogens (tertiary/aromatic N) is 2. The van der Waals surface area contributed by atoms with Gasteiger partial charge in [0.05, 0.1) is 4.90 Å². The van der Waals surface area contributed by atoms with Crippen LogP contribution in [0.4, 0.5) is 11.5 Å². The number of ether oxygens (including phenoxy) is 2. The molecular formula is C24H17N3O4S. The Bertz CT molecular complexity index is 1500. The number of benzene rings is 2. The van der Waals surface area contributed by atoms with Gasteiger partial charge in [-0.25, -0.2) is 18.4 Å². The van der Waals surface area contributed by atoms with E-state index in [-0.39, 0.29) is 11.7 Å². The van der Waals surface area contributed by atoms with Gasteiger partial charge in [-0.2, -0.15) is 0 Å². The second kappa shape index (κ2) is 7.87. The molecule has 3 heterocycles. The summed E-state index contributed by atoms with van der Waals surface area (Å²) in [5, 5.41) is 4.95. The van der Waals surface area contributed by atoms with Crippen molar-refractivity contribution in [1.29, 1.82) is 0 Å². The van der Waals surface area contributed by atoms with Crippen molar-refractivity contribution in [3.05, 3.63) is 78.2 Å². The van der Waals surface area contributed by atoms with Crippen molar-refractivity contribution in [2.24, 2.45) is 0 Å². The standard InChI is InChI=1S/C24H17N3O4S/c1-32(28,29)19-6-4-18(5-7-19)27-24-13-20-17(14-26-24)10-11-25-21(20)8-2-16-3-9-22-23(12-16)31-15-30-22/h3-7,9-14H,15H2,1H3,(H,26,27). The van der Waals surface area contributed by atoms with Gasteiger partial charge >= 0.3 is 0 Å². The molecule has 158 valence electrons. The zero-order valence-electron chi connectivity index (χ0n) is 17.0. The lowest BCUT2D eigenvalue weighted by atomic mass is 10.1. The van der Waals surface area contributed by atoms with Crippen molar-refractivity contribution >= 4 is 32.1 Å². The first-order valence-electron chi connectivity index (χ1n) is 9.69. The highest BCUT2D eigenvalue weighted by Gasteiger charge is 2.12. The molecule has 2 aromatic heterocycles. The zero-order chi connectivity index (χ0) is 22.1. The van der Waals surface area contributed by atoms with Crippen LogP contribution in [0.5, 0.6) is 11.5 Å². The molecule has 1 aliphatic heterocycles. The molecule has 0 atom stereocenters. The largest absolute Gasteiger partial charge is 0.454 e. The van der Waals surface area contributed by atoms with E-state index >= 15 is 0 Å². The Kier molecular flexibility index (Phi) is 4.88. The molecule has 0 saturated heterocycles. The third-order valence-corrected chi connectivity index (χ3v) is 6.03. The van der Waals surface area contributed by atoms with Gasteiger partial charge in [0.1, 0.15) is 11.5 Å². The fourth-order valence-electron chi connectivity index (χ4n) is 3.27. The molecule has 0 aliphatic carbocycles. The van der Waals surface area contributed by atoms with Gasteiger partial charge in [0, 0.05) is 40.7 Å². The Morgan fingerprint density at radius 3 is 2.56 bits per heavy atom. The van der Waals surface area contributed by atoms with Gasteiger partial charge in [-0.1, -0.05) is 5.92 Å². The molecule has 7 nitrogen and oxygen atoms in total. The lowest BCUT2D eigenvalue weighted by molar-refractivity contribution is 0.174. The molecule has 4 aromatic rings. The fraction of sp³-hybridized carbons (Fsp3) is 0.0833. The van der Waals surface area contributed by atoms with Gasteiger partial charge in [-0.3, -0.25) is 0 Å². The quantitative estimate of drug-likeness (QED) is 0.480. The minimum absolute atomic E-state index is 0.219. The first-order valence-corrected chi connectivity index (χ1v) is 11.6. The van der Waals surface area contributed by atoms with E-state index in [9.17, 15) is 8.42 Å². The SMILES string of the molecule is CS(=O)(=O)c1ccc(Nc2cc3c(C#Cc4ccc5c(c4)OCO5)nccc3cn2)cc1. The minimum Gasteiger partial charge on any atom is -0.454 e.